The van der Waals surface area contributed by atoms with Crippen molar-refractivity contribution in [2.75, 3.05) is 10.6 Å². The summed E-state index contributed by atoms with van der Waals surface area (Å²) in [6, 6.07) is 2.07. The van der Waals surface area contributed by atoms with E-state index in [0.717, 1.165) is 18.2 Å². The predicted molar refractivity (Wildman–Crippen MR) is 119 cm³/mol. The second-order valence-electron chi connectivity index (χ2n) is 8.10. The topological polar surface area (TPSA) is 157 Å². The highest BCUT2D eigenvalue weighted by Crippen LogP contribution is 2.38. The molecule has 0 saturated heterocycles. The molecule has 1 atom stereocenters. The monoisotopic (exact) mass is 526 g/mol. The summed E-state index contributed by atoms with van der Waals surface area (Å²) >= 11 is 0.707. The van der Waals surface area contributed by atoms with E-state index >= 15 is 0 Å². The van der Waals surface area contributed by atoms with Gasteiger partial charge in [-0.1, -0.05) is 16.5 Å². The Hall–Kier alpha value is -4.01. The first-order chi connectivity index (χ1) is 16.9. The molecule has 1 saturated carbocycles. The van der Waals surface area contributed by atoms with Crippen LogP contribution in [-0.2, 0) is 4.79 Å². The van der Waals surface area contributed by atoms with Gasteiger partial charge in [0.25, 0.3) is 11.8 Å². The predicted octanol–water partition coefficient (Wildman–Crippen LogP) is 2.76. The van der Waals surface area contributed by atoms with Gasteiger partial charge in [-0.2, -0.15) is 0 Å². The van der Waals surface area contributed by atoms with E-state index in [-0.39, 0.29) is 33.0 Å². The summed E-state index contributed by atoms with van der Waals surface area (Å²) in [6.07, 6.45) is -0.999. The number of benzene rings is 1. The lowest BCUT2D eigenvalue weighted by Gasteiger charge is -2.34. The van der Waals surface area contributed by atoms with E-state index in [1.807, 2.05) is 0 Å². The van der Waals surface area contributed by atoms with Crippen molar-refractivity contribution in [3.63, 3.8) is 0 Å². The molecule has 1 unspecified atom stereocenters. The third kappa shape index (κ3) is 4.86. The number of halogens is 4. The largest absolute Gasteiger partial charge is 0.382 e. The average molecular weight is 526 g/mol. The van der Waals surface area contributed by atoms with Gasteiger partial charge in [0, 0.05) is 36.7 Å². The van der Waals surface area contributed by atoms with Crippen molar-refractivity contribution in [1.29, 1.82) is 0 Å². The molecule has 10 nitrogen and oxygen atoms in total. The van der Waals surface area contributed by atoms with Crippen molar-refractivity contribution in [2.45, 2.75) is 37.8 Å². The number of primary amides is 1. The quantitative estimate of drug-likeness (QED) is 0.299. The van der Waals surface area contributed by atoms with E-state index < -0.39 is 60.1 Å². The Labute approximate surface area is 204 Å². The fraction of sp³-hybridized carbons (Fsp3) is 0.286. The van der Waals surface area contributed by atoms with Gasteiger partial charge in [0.15, 0.2) is 22.5 Å². The van der Waals surface area contributed by atoms with Crippen LogP contribution in [0.3, 0.4) is 0 Å². The summed E-state index contributed by atoms with van der Waals surface area (Å²) in [5.41, 5.74) is 11.0. The fourth-order valence-electron chi connectivity index (χ4n) is 3.47. The average Bonchev–Trinajstić information content (AvgIpc) is 3.42. The van der Waals surface area contributed by atoms with Crippen LogP contribution >= 0.6 is 11.3 Å². The van der Waals surface area contributed by atoms with Crippen molar-refractivity contribution in [1.82, 2.24) is 15.5 Å². The Morgan fingerprint density at radius 2 is 1.92 bits per heavy atom. The van der Waals surface area contributed by atoms with E-state index in [9.17, 15) is 31.9 Å². The maximum absolute atomic E-state index is 13.9. The summed E-state index contributed by atoms with van der Waals surface area (Å²) < 4.78 is 58.2. The first kappa shape index (κ1) is 25.1. The molecule has 2 amide bonds. The standard InChI is InChI=1S/C21H18F4N6O4S/c1-8(18(27)33)31(10-2-3-11(22)12(23)4-10)20-29-17(26)16(36-20)15(32)14-5-13(30-35-14)19(34)28-9-6-21(24,25)7-9/h2-5,8-9H,6-7,26H2,1H3,(H2,27,33)(H,28,34). The van der Waals surface area contributed by atoms with Crippen molar-refractivity contribution in [2.24, 2.45) is 5.73 Å². The van der Waals surface area contributed by atoms with Crippen LogP contribution in [0, 0.1) is 11.6 Å². The summed E-state index contributed by atoms with van der Waals surface area (Å²) in [5, 5.41) is 5.83. The number of alkyl halides is 2. The SMILES string of the molecule is CC(C(N)=O)N(c1ccc(F)c(F)c1)c1nc(N)c(C(=O)c2cc(C(=O)NC3CC(F)(F)C3)no2)s1. The zero-order valence-corrected chi connectivity index (χ0v) is 19.2. The number of nitrogens with zero attached hydrogens (tertiary/aromatic N) is 3. The van der Waals surface area contributed by atoms with Gasteiger partial charge < -0.3 is 26.2 Å². The van der Waals surface area contributed by atoms with E-state index in [1.165, 1.54) is 17.9 Å². The van der Waals surface area contributed by atoms with E-state index in [2.05, 4.69) is 15.5 Å². The second kappa shape index (κ2) is 9.22. The zero-order valence-electron chi connectivity index (χ0n) is 18.4. The lowest BCUT2D eigenvalue weighted by Crippen LogP contribution is -2.50. The van der Waals surface area contributed by atoms with Crippen LogP contribution in [0.2, 0.25) is 0 Å². The highest BCUT2D eigenvalue weighted by Gasteiger charge is 2.46. The molecular formula is C21H18F4N6O4S. The molecule has 190 valence electrons. The number of hydrogen-bond donors (Lipinski definition) is 3. The summed E-state index contributed by atoms with van der Waals surface area (Å²) in [5.74, 6) is -8.22. The molecule has 3 aromatic rings. The Morgan fingerprint density at radius 1 is 1.22 bits per heavy atom. The second-order valence-corrected chi connectivity index (χ2v) is 9.08. The van der Waals surface area contributed by atoms with Crippen molar-refractivity contribution < 1.29 is 36.5 Å². The number of rotatable bonds is 8. The minimum absolute atomic E-state index is 0.0214. The van der Waals surface area contributed by atoms with Gasteiger partial charge in [0.2, 0.25) is 17.5 Å². The number of thiazole rings is 1. The van der Waals surface area contributed by atoms with Gasteiger partial charge in [-0.3, -0.25) is 14.4 Å². The molecule has 1 fully saturated rings. The Bertz CT molecular complexity index is 1350. The van der Waals surface area contributed by atoms with E-state index in [0.29, 0.717) is 11.3 Å². The lowest BCUT2D eigenvalue weighted by molar-refractivity contribution is -0.118. The van der Waals surface area contributed by atoms with E-state index in [1.54, 1.807) is 0 Å². The van der Waals surface area contributed by atoms with Crippen LogP contribution in [0.1, 0.15) is 45.7 Å². The highest BCUT2D eigenvalue weighted by atomic mass is 32.1. The molecule has 2 heterocycles. The van der Waals surface area contributed by atoms with Gasteiger partial charge in [0.1, 0.15) is 16.7 Å². The summed E-state index contributed by atoms with van der Waals surface area (Å²) in [7, 11) is 0. The highest BCUT2D eigenvalue weighted by molar-refractivity contribution is 7.18. The lowest BCUT2D eigenvalue weighted by atomic mass is 9.88. The van der Waals surface area contributed by atoms with Crippen LogP contribution in [-0.4, -0.2) is 45.7 Å². The van der Waals surface area contributed by atoms with Gasteiger partial charge >= 0.3 is 0 Å². The third-order valence-electron chi connectivity index (χ3n) is 5.43. The molecule has 15 heteroatoms. The van der Waals surface area contributed by atoms with E-state index in [4.69, 9.17) is 16.0 Å². The molecule has 5 N–H and O–H groups in total. The molecule has 0 bridgehead atoms. The summed E-state index contributed by atoms with van der Waals surface area (Å²) in [4.78, 5) is 42.1. The van der Waals surface area contributed by atoms with Gasteiger partial charge in [-0.05, 0) is 19.1 Å². The molecule has 0 spiro atoms. The number of amides is 2. The number of nitrogen functional groups attached to an aromatic ring is 1. The molecular weight excluding hydrogens is 508 g/mol. The number of anilines is 3. The van der Waals surface area contributed by atoms with Gasteiger partial charge in [0.05, 0.1) is 0 Å². The first-order valence-corrected chi connectivity index (χ1v) is 11.2. The van der Waals surface area contributed by atoms with Crippen LogP contribution in [0.25, 0.3) is 0 Å². The van der Waals surface area contributed by atoms with Crippen molar-refractivity contribution in [3.05, 3.63) is 52.2 Å². The zero-order chi connectivity index (χ0) is 26.4. The van der Waals surface area contributed by atoms with Gasteiger partial charge in [-0.15, -0.1) is 0 Å². The smallest absolute Gasteiger partial charge is 0.273 e. The number of aromatic nitrogens is 2. The number of nitrogens with one attached hydrogen (secondary N) is 1. The van der Waals surface area contributed by atoms with Crippen LogP contribution in [0.5, 0.6) is 0 Å². The third-order valence-corrected chi connectivity index (χ3v) is 6.50. The number of carbonyl (C=O) groups is 3. The molecule has 0 radical (unpaired) electrons. The number of carbonyl (C=O) groups excluding carboxylic acids is 3. The number of hydrogen-bond acceptors (Lipinski definition) is 9. The number of nitrogens with two attached hydrogens (primary N) is 2. The number of ketones is 1. The molecule has 2 aromatic heterocycles. The molecule has 1 aliphatic rings. The fourth-order valence-corrected chi connectivity index (χ4v) is 4.50. The maximum Gasteiger partial charge on any atom is 0.273 e. The Kier molecular flexibility index (Phi) is 6.43. The van der Waals surface area contributed by atoms with Crippen molar-refractivity contribution in [3.8, 4) is 0 Å². The molecule has 1 aromatic carbocycles. The van der Waals surface area contributed by atoms with Crippen LogP contribution < -0.4 is 21.7 Å². The van der Waals surface area contributed by atoms with Crippen molar-refractivity contribution >= 4 is 45.6 Å². The Balaban J connectivity index is 1.58. The minimum atomic E-state index is -2.83. The Morgan fingerprint density at radius 3 is 2.53 bits per heavy atom. The normalized spacial score (nSPS) is 15.7. The minimum Gasteiger partial charge on any atom is -0.382 e. The van der Waals surface area contributed by atoms with Gasteiger partial charge in [-0.25, -0.2) is 22.5 Å². The van der Waals surface area contributed by atoms with Crippen LogP contribution in [0.4, 0.5) is 34.2 Å². The summed E-state index contributed by atoms with van der Waals surface area (Å²) in [6.45, 7) is 1.39. The maximum atomic E-state index is 13.9. The molecule has 0 aliphatic heterocycles. The van der Waals surface area contributed by atoms with Crippen LogP contribution in [0.15, 0.2) is 28.8 Å². The molecule has 4 rings (SSSR count). The first-order valence-electron chi connectivity index (χ1n) is 10.4. The molecule has 36 heavy (non-hydrogen) atoms. The molecule has 1 aliphatic carbocycles.